The maximum atomic E-state index is 5.22. The van der Waals surface area contributed by atoms with E-state index < -0.39 is 0 Å². The van der Waals surface area contributed by atoms with Crippen molar-refractivity contribution in [3.05, 3.63) is 216 Å². The number of aromatic nitrogens is 6. The molecular weight excluding hydrogens is 773 g/mol. The van der Waals surface area contributed by atoms with Crippen molar-refractivity contribution in [1.29, 1.82) is 0 Å². The number of fused-ring (bicyclic) bond motifs is 10. The van der Waals surface area contributed by atoms with Gasteiger partial charge in [0.1, 0.15) is 11.0 Å². The van der Waals surface area contributed by atoms with Gasteiger partial charge in [0.05, 0.1) is 40.9 Å². The van der Waals surface area contributed by atoms with Crippen LogP contribution in [0.2, 0.25) is 0 Å². The third-order valence-electron chi connectivity index (χ3n) is 13.4. The number of anilines is 4. The van der Waals surface area contributed by atoms with Crippen molar-refractivity contribution in [3.63, 3.8) is 0 Å². The standard InChI is InChI=1S/C55H40N8/c1-34-38-21-9-13-25-46(38)63(51(34)31-43-35(2)60(36-17-5-3-6-18-36)47-26-14-11-23-40(43)47)55-57-33-44-45(59-55)32-56-54(58-44)62-49-28-16-12-24-42(49)52-50(62)30-29-41-39-22-10-15-27-48(39)61(53(41)52)37-19-7-4-8-20-37/h3-34,41,53H,1-2H3/b51-31+. The van der Waals surface area contributed by atoms with Crippen LogP contribution in [0, 0.1) is 6.92 Å². The summed E-state index contributed by atoms with van der Waals surface area (Å²) < 4.78 is 4.57. The van der Waals surface area contributed by atoms with E-state index in [0.29, 0.717) is 22.9 Å². The van der Waals surface area contributed by atoms with Crippen LogP contribution in [0.4, 0.5) is 23.0 Å². The summed E-state index contributed by atoms with van der Waals surface area (Å²) in [4.78, 5) is 25.3. The Bertz CT molecular complexity index is 3530. The minimum Gasteiger partial charge on any atom is -0.333 e. The maximum Gasteiger partial charge on any atom is 0.235 e. The Morgan fingerprint density at radius 2 is 1.14 bits per heavy atom. The summed E-state index contributed by atoms with van der Waals surface area (Å²) in [5.74, 6) is 1.48. The average Bonchev–Trinajstić information content (AvgIpc) is 4.03. The highest BCUT2D eigenvalue weighted by molar-refractivity contribution is 5.96. The molecule has 4 aromatic heterocycles. The van der Waals surface area contributed by atoms with Gasteiger partial charge in [0.15, 0.2) is 0 Å². The highest BCUT2D eigenvalue weighted by Crippen LogP contribution is 2.57. The Balaban J connectivity index is 0.934. The fraction of sp³-hybridized carbons (Fsp3) is 0.0909. The van der Waals surface area contributed by atoms with E-state index in [1.54, 1.807) is 0 Å². The van der Waals surface area contributed by atoms with Crippen molar-refractivity contribution in [2.45, 2.75) is 31.7 Å². The van der Waals surface area contributed by atoms with Crippen LogP contribution < -0.4 is 9.80 Å². The molecule has 3 atom stereocenters. The molecule has 6 heterocycles. The van der Waals surface area contributed by atoms with Gasteiger partial charge in [-0.05, 0) is 78.7 Å². The molecule has 0 fully saturated rings. The fourth-order valence-electron chi connectivity index (χ4n) is 10.7. The van der Waals surface area contributed by atoms with Crippen LogP contribution >= 0.6 is 0 Å². The molecule has 0 amide bonds. The summed E-state index contributed by atoms with van der Waals surface area (Å²) in [6.07, 6.45) is 10.7. The molecule has 8 nitrogen and oxygen atoms in total. The third-order valence-corrected chi connectivity index (χ3v) is 13.4. The molecule has 63 heavy (non-hydrogen) atoms. The van der Waals surface area contributed by atoms with E-state index in [4.69, 9.17) is 19.9 Å². The number of hydrogen-bond acceptors (Lipinski definition) is 6. The number of allylic oxidation sites excluding steroid dienone is 1. The van der Waals surface area contributed by atoms with E-state index in [1.807, 2.05) is 12.4 Å². The second kappa shape index (κ2) is 13.7. The van der Waals surface area contributed by atoms with Crippen molar-refractivity contribution in [2.75, 3.05) is 9.80 Å². The molecule has 0 saturated heterocycles. The van der Waals surface area contributed by atoms with E-state index in [0.717, 1.165) is 28.3 Å². The highest BCUT2D eigenvalue weighted by atomic mass is 15.3. The van der Waals surface area contributed by atoms with Gasteiger partial charge in [0.2, 0.25) is 11.9 Å². The molecule has 8 heteroatoms. The third kappa shape index (κ3) is 5.21. The summed E-state index contributed by atoms with van der Waals surface area (Å²) in [6, 6.07) is 56.1. The molecule has 0 N–H and O–H groups in total. The largest absolute Gasteiger partial charge is 0.333 e. The lowest BCUT2D eigenvalue weighted by molar-refractivity contribution is 0.668. The van der Waals surface area contributed by atoms with Gasteiger partial charge in [-0.25, -0.2) is 19.9 Å². The van der Waals surface area contributed by atoms with Crippen LogP contribution in [0.3, 0.4) is 0 Å². The van der Waals surface area contributed by atoms with Crippen molar-refractivity contribution < 1.29 is 0 Å². The number of para-hydroxylation sites is 6. The number of nitrogens with zero attached hydrogens (tertiary/aromatic N) is 8. The maximum absolute atomic E-state index is 5.22. The van der Waals surface area contributed by atoms with Crippen molar-refractivity contribution in [3.8, 4) is 11.6 Å². The predicted octanol–water partition coefficient (Wildman–Crippen LogP) is 12.9. The van der Waals surface area contributed by atoms with Gasteiger partial charge in [0.25, 0.3) is 0 Å². The molecule has 300 valence electrons. The molecule has 1 aliphatic carbocycles. The molecule has 0 bridgehead atoms. The molecule has 3 aliphatic rings. The molecule has 3 unspecified atom stereocenters. The Morgan fingerprint density at radius 1 is 0.556 bits per heavy atom. The molecule has 6 aromatic carbocycles. The Kier molecular flexibility index (Phi) is 7.75. The van der Waals surface area contributed by atoms with Crippen LogP contribution in [0.25, 0.3) is 56.6 Å². The first-order valence-electron chi connectivity index (χ1n) is 21.6. The summed E-state index contributed by atoms with van der Waals surface area (Å²) in [5, 5.41) is 2.39. The summed E-state index contributed by atoms with van der Waals surface area (Å²) in [5.41, 5.74) is 16.6. The monoisotopic (exact) mass is 812 g/mol. The zero-order chi connectivity index (χ0) is 41.8. The van der Waals surface area contributed by atoms with E-state index in [2.05, 4.69) is 209 Å². The van der Waals surface area contributed by atoms with E-state index in [1.165, 1.54) is 55.6 Å². The van der Waals surface area contributed by atoms with Crippen molar-refractivity contribution in [1.82, 2.24) is 29.1 Å². The number of rotatable bonds is 5. The minimum atomic E-state index is 0.0638. The first kappa shape index (κ1) is 35.6. The summed E-state index contributed by atoms with van der Waals surface area (Å²) in [7, 11) is 0. The smallest absolute Gasteiger partial charge is 0.235 e. The lowest BCUT2D eigenvalue weighted by Gasteiger charge is -2.32. The van der Waals surface area contributed by atoms with Crippen molar-refractivity contribution in [2.24, 2.45) is 0 Å². The van der Waals surface area contributed by atoms with Gasteiger partial charge in [-0.2, -0.15) is 0 Å². The minimum absolute atomic E-state index is 0.0638. The second-order valence-electron chi connectivity index (χ2n) is 16.7. The molecule has 0 radical (unpaired) electrons. The highest BCUT2D eigenvalue weighted by Gasteiger charge is 2.44. The molecule has 0 spiro atoms. The lowest BCUT2D eigenvalue weighted by Crippen LogP contribution is -2.24. The normalized spacial score (nSPS) is 18.1. The van der Waals surface area contributed by atoms with Gasteiger partial charge in [-0.15, -0.1) is 0 Å². The zero-order valence-corrected chi connectivity index (χ0v) is 34.7. The fourth-order valence-corrected chi connectivity index (χ4v) is 10.7. The van der Waals surface area contributed by atoms with Gasteiger partial charge >= 0.3 is 0 Å². The van der Waals surface area contributed by atoms with Crippen LogP contribution in [-0.4, -0.2) is 29.1 Å². The van der Waals surface area contributed by atoms with Crippen LogP contribution in [0.5, 0.6) is 0 Å². The van der Waals surface area contributed by atoms with E-state index >= 15 is 0 Å². The van der Waals surface area contributed by atoms with Gasteiger partial charge < -0.3 is 9.47 Å². The molecule has 13 rings (SSSR count). The SMILES string of the molecule is Cc1c(/C=C2\C(C)c3ccccc3N2c2ncc3nc(-n4c5c(c6ccccc64)C4C(C=C5)c5ccccc5N4c4ccccc4)ncc3n2)c2ccccc2n1-c1ccccc1. The van der Waals surface area contributed by atoms with Crippen molar-refractivity contribution >= 4 is 68.0 Å². The topological polar surface area (TPSA) is 67.9 Å². The number of hydrogen-bond donors (Lipinski definition) is 0. The Morgan fingerprint density at radius 3 is 1.90 bits per heavy atom. The Labute approximate surface area is 364 Å². The quantitative estimate of drug-likeness (QED) is 0.172. The van der Waals surface area contributed by atoms with Gasteiger partial charge in [-0.1, -0.05) is 122 Å². The predicted molar refractivity (Wildman–Crippen MR) is 254 cm³/mol. The lowest BCUT2D eigenvalue weighted by atomic mass is 9.84. The average molecular weight is 813 g/mol. The number of benzene rings is 6. The van der Waals surface area contributed by atoms with Crippen LogP contribution in [0.15, 0.2) is 182 Å². The zero-order valence-electron chi connectivity index (χ0n) is 34.7. The molecular formula is C55H40N8. The first-order chi connectivity index (χ1) is 31.1. The Hall–Kier alpha value is -8.10. The molecule has 2 aliphatic heterocycles. The first-order valence-corrected chi connectivity index (χ1v) is 21.6. The summed E-state index contributed by atoms with van der Waals surface area (Å²) >= 11 is 0. The van der Waals surface area contributed by atoms with Crippen LogP contribution in [-0.2, 0) is 0 Å². The molecule has 0 saturated carbocycles. The summed E-state index contributed by atoms with van der Waals surface area (Å²) in [6.45, 7) is 4.48. The molecule has 10 aromatic rings. The van der Waals surface area contributed by atoms with Gasteiger partial charge in [-0.3, -0.25) is 9.47 Å². The van der Waals surface area contributed by atoms with E-state index in [-0.39, 0.29) is 17.9 Å². The van der Waals surface area contributed by atoms with Crippen LogP contribution in [0.1, 0.15) is 58.4 Å². The van der Waals surface area contributed by atoms with Gasteiger partial charge in [0, 0.05) is 62.2 Å². The second-order valence-corrected chi connectivity index (χ2v) is 16.7. The van der Waals surface area contributed by atoms with E-state index in [9.17, 15) is 0 Å².